The van der Waals surface area contributed by atoms with Crippen molar-refractivity contribution < 1.29 is 8.42 Å². The number of nitrogens with one attached hydrogen (secondary N) is 1. The molecule has 0 spiro atoms. The smallest absolute Gasteiger partial charge is 0.255 e. The van der Waals surface area contributed by atoms with E-state index in [2.05, 4.69) is 9.71 Å². The van der Waals surface area contributed by atoms with Crippen LogP contribution in [-0.2, 0) is 10.0 Å². The summed E-state index contributed by atoms with van der Waals surface area (Å²) in [6.07, 6.45) is 0. The normalized spacial score (nSPS) is 11.3. The Morgan fingerprint density at radius 1 is 0.955 bits per heavy atom. The van der Waals surface area contributed by atoms with Crippen molar-refractivity contribution in [3.8, 4) is 11.1 Å². The number of benzene rings is 2. The van der Waals surface area contributed by atoms with Gasteiger partial charge in [0.05, 0.1) is 10.6 Å². The molecule has 0 saturated heterocycles. The Kier molecular flexibility index (Phi) is 3.96. The summed E-state index contributed by atoms with van der Waals surface area (Å²) in [4.78, 5) is 4.34. The van der Waals surface area contributed by atoms with Crippen molar-refractivity contribution in [2.75, 3.05) is 4.72 Å². The van der Waals surface area contributed by atoms with E-state index >= 15 is 0 Å². The van der Waals surface area contributed by atoms with Crippen molar-refractivity contribution in [3.63, 3.8) is 0 Å². The van der Waals surface area contributed by atoms with E-state index in [0.29, 0.717) is 5.13 Å². The van der Waals surface area contributed by atoms with Gasteiger partial charge in [0.15, 0.2) is 5.13 Å². The molecule has 0 radical (unpaired) electrons. The van der Waals surface area contributed by atoms with Gasteiger partial charge in [-0.2, -0.15) is 0 Å². The van der Waals surface area contributed by atoms with Crippen LogP contribution >= 0.6 is 11.3 Å². The predicted molar refractivity (Wildman–Crippen MR) is 89.5 cm³/mol. The molecule has 3 rings (SSSR count). The van der Waals surface area contributed by atoms with Gasteiger partial charge in [-0.1, -0.05) is 42.5 Å². The summed E-state index contributed by atoms with van der Waals surface area (Å²) in [7, 11) is -3.60. The van der Waals surface area contributed by atoms with Crippen LogP contribution in [0.3, 0.4) is 0 Å². The molecule has 0 fully saturated rings. The summed E-state index contributed by atoms with van der Waals surface area (Å²) in [5.74, 6) is 0. The van der Waals surface area contributed by atoms with E-state index in [-0.39, 0.29) is 4.90 Å². The van der Waals surface area contributed by atoms with Crippen molar-refractivity contribution >= 4 is 26.5 Å². The fourth-order valence-corrected chi connectivity index (χ4v) is 3.97. The van der Waals surface area contributed by atoms with E-state index in [9.17, 15) is 8.42 Å². The van der Waals surface area contributed by atoms with Crippen LogP contribution in [0, 0.1) is 6.92 Å². The molecule has 0 atom stereocenters. The predicted octanol–water partition coefficient (Wildman–Crippen LogP) is 3.92. The molecule has 0 aliphatic rings. The highest BCUT2D eigenvalue weighted by atomic mass is 32.2. The molecule has 6 heteroatoms. The Morgan fingerprint density at radius 2 is 1.59 bits per heavy atom. The van der Waals surface area contributed by atoms with Gasteiger partial charge in [0.1, 0.15) is 0 Å². The number of rotatable bonds is 4. The SMILES string of the molecule is Cc1csc(NS(=O)(=O)c2ccc(-c3ccccc3)cc2)n1. The minimum absolute atomic E-state index is 0.222. The van der Waals surface area contributed by atoms with Crippen LogP contribution in [0.25, 0.3) is 11.1 Å². The highest BCUT2D eigenvalue weighted by Gasteiger charge is 2.15. The number of aromatic nitrogens is 1. The summed E-state index contributed by atoms with van der Waals surface area (Å²) in [6.45, 7) is 1.82. The van der Waals surface area contributed by atoms with Crippen LogP contribution in [0.4, 0.5) is 5.13 Å². The van der Waals surface area contributed by atoms with Crippen molar-refractivity contribution in [2.45, 2.75) is 11.8 Å². The van der Waals surface area contributed by atoms with Gasteiger partial charge in [0.2, 0.25) is 0 Å². The first-order valence-corrected chi connectivity index (χ1v) is 9.01. The third-order valence-electron chi connectivity index (χ3n) is 3.11. The Hall–Kier alpha value is -2.18. The van der Waals surface area contributed by atoms with Crippen LogP contribution in [0.5, 0.6) is 0 Å². The molecule has 0 amide bonds. The lowest BCUT2D eigenvalue weighted by molar-refractivity contribution is 0.601. The molecule has 0 saturated carbocycles. The van der Waals surface area contributed by atoms with E-state index < -0.39 is 10.0 Å². The zero-order valence-electron chi connectivity index (χ0n) is 11.9. The molecule has 22 heavy (non-hydrogen) atoms. The first-order chi connectivity index (χ1) is 10.5. The third kappa shape index (κ3) is 3.18. The molecular weight excluding hydrogens is 316 g/mol. The monoisotopic (exact) mass is 330 g/mol. The lowest BCUT2D eigenvalue weighted by atomic mass is 10.1. The summed E-state index contributed by atoms with van der Waals surface area (Å²) < 4.78 is 27.1. The van der Waals surface area contributed by atoms with Crippen LogP contribution < -0.4 is 4.72 Å². The standard InChI is InChI=1S/C16H14N2O2S2/c1-12-11-21-16(17-12)18-22(19,20)15-9-7-14(8-10-15)13-5-3-2-4-6-13/h2-11H,1H3,(H,17,18). The third-order valence-corrected chi connectivity index (χ3v) is 5.47. The molecule has 0 aliphatic heterocycles. The molecular formula is C16H14N2O2S2. The number of hydrogen-bond donors (Lipinski definition) is 1. The number of nitrogens with zero attached hydrogens (tertiary/aromatic N) is 1. The van der Waals surface area contributed by atoms with Gasteiger partial charge in [-0.05, 0) is 30.2 Å². The zero-order valence-corrected chi connectivity index (χ0v) is 13.5. The highest BCUT2D eigenvalue weighted by molar-refractivity contribution is 7.93. The van der Waals surface area contributed by atoms with Crippen molar-refractivity contribution in [2.24, 2.45) is 0 Å². The zero-order chi connectivity index (χ0) is 15.6. The first-order valence-electron chi connectivity index (χ1n) is 6.65. The highest BCUT2D eigenvalue weighted by Crippen LogP contribution is 2.23. The van der Waals surface area contributed by atoms with Gasteiger partial charge >= 0.3 is 0 Å². The molecule has 2 aromatic carbocycles. The van der Waals surface area contributed by atoms with Gasteiger partial charge in [0, 0.05) is 5.38 Å². The maximum atomic E-state index is 12.3. The average Bonchev–Trinajstić information content (AvgIpc) is 2.93. The molecule has 112 valence electrons. The number of hydrogen-bond acceptors (Lipinski definition) is 4. The molecule has 0 bridgehead atoms. The lowest BCUT2D eigenvalue weighted by Gasteiger charge is -2.06. The van der Waals surface area contributed by atoms with Gasteiger partial charge in [-0.3, -0.25) is 4.72 Å². The fourth-order valence-electron chi connectivity index (χ4n) is 2.03. The molecule has 0 aliphatic carbocycles. The Morgan fingerprint density at radius 3 is 2.18 bits per heavy atom. The summed E-state index contributed by atoms with van der Waals surface area (Å²) in [5, 5.41) is 2.18. The lowest BCUT2D eigenvalue weighted by Crippen LogP contribution is -2.12. The van der Waals surface area contributed by atoms with E-state index in [4.69, 9.17) is 0 Å². The Labute approximate surface area is 133 Å². The van der Waals surface area contributed by atoms with Crippen molar-refractivity contribution in [3.05, 3.63) is 65.7 Å². The van der Waals surface area contributed by atoms with Crippen LogP contribution in [0.2, 0.25) is 0 Å². The fraction of sp³-hybridized carbons (Fsp3) is 0.0625. The van der Waals surface area contributed by atoms with Gasteiger partial charge in [-0.15, -0.1) is 11.3 Å². The number of aryl methyl sites for hydroxylation is 1. The largest absolute Gasteiger partial charge is 0.263 e. The Balaban J connectivity index is 1.86. The molecule has 1 heterocycles. The molecule has 1 N–H and O–H groups in total. The maximum absolute atomic E-state index is 12.3. The molecule has 4 nitrogen and oxygen atoms in total. The number of sulfonamides is 1. The first kappa shape index (κ1) is 14.7. The molecule has 0 unspecified atom stereocenters. The second kappa shape index (κ2) is 5.90. The summed E-state index contributed by atoms with van der Waals surface area (Å²) in [6, 6.07) is 16.6. The number of anilines is 1. The van der Waals surface area contributed by atoms with Gasteiger partial charge in [0.25, 0.3) is 10.0 Å². The molecule has 3 aromatic rings. The van der Waals surface area contributed by atoms with Gasteiger partial charge in [-0.25, -0.2) is 13.4 Å². The molecule has 1 aromatic heterocycles. The van der Waals surface area contributed by atoms with Crippen molar-refractivity contribution in [1.82, 2.24) is 4.98 Å². The minimum Gasteiger partial charge on any atom is -0.255 e. The average molecular weight is 330 g/mol. The Bertz CT molecular complexity index is 870. The van der Waals surface area contributed by atoms with Crippen LogP contribution in [0.1, 0.15) is 5.69 Å². The second-order valence-corrected chi connectivity index (χ2v) is 7.33. The minimum atomic E-state index is -3.60. The van der Waals surface area contributed by atoms with E-state index in [1.54, 1.807) is 29.6 Å². The van der Waals surface area contributed by atoms with Gasteiger partial charge < -0.3 is 0 Å². The second-order valence-electron chi connectivity index (χ2n) is 4.79. The maximum Gasteiger partial charge on any atom is 0.263 e. The van der Waals surface area contributed by atoms with E-state index in [1.165, 1.54) is 11.3 Å². The number of thiazole rings is 1. The quantitative estimate of drug-likeness (QED) is 0.789. The van der Waals surface area contributed by atoms with E-state index in [0.717, 1.165) is 16.8 Å². The van der Waals surface area contributed by atoms with Crippen LogP contribution in [-0.4, -0.2) is 13.4 Å². The summed E-state index contributed by atoms with van der Waals surface area (Å²) >= 11 is 1.27. The topological polar surface area (TPSA) is 59.1 Å². The van der Waals surface area contributed by atoms with Crippen LogP contribution in [0.15, 0.2) is 64.9 Å². The van der Waals surface area contributed by atoms with Crippen molar-refractivity contribution in [1.29, 1.82) is 0 Å². The van der Waals surface area contributed by atoms with E-state index in [1.807, 2.05) is 37.3 Å². The summed E-state index contributed by atoms with van der Waals surface area (Å²) in [5.41, 5.74) is 2.82.